The van der Waals surface area contributed by atoms with Crippen LogP contribution in [0.15, 0.2) is 59.3 Å². The highest BCUT2D eigenvalue weighted by Gasteiger charge is 2.31. The van der Waals surface area contributed by atoms with Crippen molar-refractivity contribution in [3.05, 3.63) is 83.1 Å². The predicted molar refractivity (Wildman–Crippen MR) is 146 cm³/mol. The zero-order valence-electron chi connectivity index (χ0n) is 24.7. The average molecular weight is 517 g/mol. The van der Waals surface area contributed by atoms with Gasteiger partial charge in [-0.1, -0.05) is 29.4 Å². The van der Waals surface area contributed by atoms with Crippen molar-refractivity contribution in [3.63, 3.8) is 0 Å². The topological polar surface area (TPSA) is 73.3 Å². The molecule has 3 aromatic heterocycles. The Morgan fingerprint density at radius 3 is 2.58 bits per heavy atom. The first-order valence-electron chi connectivity index (χ1n) is 14.4. The fourth-order valence-electron chi connectivity index (χ4n) is 5.76. The van der Waals surface area contributed by atoms with Crippen LogP contribution in [0, 0.1) is 25.5 Å². The maximum Gasteiger partial charge on any atom is 0.141 e. The Bertz CT molecular complexity index is 1730. The minimum absolute atomic E-state index is 0.178. The number of pyridine rings is 1. The number of rotatable bonds is 5. The summed E-state index contributed by atoms with van der Waals surface area (Å²) in [7, 11) is 0. The number of halogens is 1. The lowest BCUT2D eigenvalue weighted by molar-refractivity contribution is 0.0552. The minimum Gasteiger partial charge on any atom is -0.386 e. The molecule has 1 N–H and O–H groups in total. The normalized spacial score (nSPS) is 17.4. The van der Waals surface area contributed by atoms with Crippen molar-refractivity contribution in [3.8, 4) is 11.1 Å². The number of hydrogen-bond acceptors (Lipinski definition) is 5. The Kier molecular flexibility index (Phi) is 5.25. The SMILES string of the molecule is [2H]C([2H])([2H])c1onc(C)c1-c1cnc2c3ccc(C(C)(C)O)cc3n([C@H](c3ccc(F)cc3)C3CCOCC3)c2c1. The van der Waals surface area contributed by atoms with Crippen LogP contribution in [0.1, 0.15) is 59.4 Å². The fourth-order valence-corrected chi connectivity index (χ4v) is 5.76. The molecule has 0 saturated carbocycles. The molecule has 0 spiro atoms. The zero-order valence-corrected chi connectivity index (χ0v) is 21.7. The summed E-state index contributed by atoms with van der Waals surface area (Å²) in [6, 6.07) is 14.2. The van der Waals surface area contributed by atoms with Crippen LogP contribution in [0.4, 0.5) is 4.39 Å². The summed E-state index contributed by atoms with van der Waals surface area (Å²) >= 11 is 0. The molecule has 1 aliphatic rings. The van der Waals surface area contributed by atoms with E-state index in [0.29, 0.717) is 30.0 Å². The van der Waals surface area contributed by atoms with Gasteiger partial charge in [0, 0.05) is 40.0 Å². The quantitative estimate of drug-likeness (QED) is 0.277. The van der Waals surface area contributed by atoms with Gasteiger partial charge in [0.1, 0.15) is 11.6 Å². The fraction of sp³-hybridized carbons (Fsp3) is 0.355. The van der Waals surface area contributed by atoms with Crippen LogP contribution in [0.5, 0.6) is 0 Å². The molecule has 6 nitrogen and oxygen atoms in total. The highest BCUT2D eigenvalue weighted by molar-refractivity contribution is 6.07. The monoisotopic (exact) mass is 516 g/mol. The van der Waals surface area contributed by atoms with E-state index in [0.717, 1.165) is 45.9 Å². The summed E-state index contributed by atoms with van der Waals surface area (Å²) in [5.74, 6) is -0.310. The van der Waals surface area contributed by atoms with Crippen molar-refractivity contribution >= 4 is 21.9 Å². The Morgan fingerprint density at radius 1 is 1.11 bits per heavy atom. The van der Waals surface area contributed by atoms with E-state index >= 15 is 0 Å². The van der Waals surface area contributed by atoms with Crippen molar-refractivity contribution in [2.45, 2.75) is 52.1 Å². The summed E-state index contributed by atoms with van der Waals surface area (Å²) in [5.41, 5.74) is 4.48. The second-order valence-corrected chi connectivity index (χ2v) is 10.7. The largest absolute Gasteiger partial charge is 0.386 e. The maximum atomic E-state index is 14.1. The minimum atomic E-state index is -2.49. The van der Waals surface area contributed by atoms with Crippen molar-refractivity contribution in [2.24, 2.45) is 5.92 Å². The van der Waals surface area contributed by atoms with Gasteiger partial charge in [0.15, 0.2) is 0 Å². The van der Waals surface area contributed by atoms with Gasteiger partial charge in [0.2, 0.25) is 0 Å². The summed E-state index contributed by atoms with van der Waals surface area (Å²) in [6.07, 6.45) is 3.29. The third-order valence-electron chi connectivity index (χ3n) is 7.70. The maximum absolute atomic E-state index is 14.1. The summed E-state index contributed by atoms with van der Waals surface area (Å²) < 4.78 is 51.2. The Labute approximate surface area is 225 Å². The van der Waals surface area contributed by atoms with Crippen molar-refractivity contribution in [2.75, 3.05) is 13.2 Å². The lowest BCUT2D eigenvalue weighted by atomic mass is 9.86. The molecule has 1 fully saturated rings. The van der Waals surface area contributed by atoms with Crippen LogP contribution in [0.25, 0.3) is 33.1 Å². The van der Waals surface area contributed by atoms with Gasteiger partial charge in [-0.05, 0) is 81.8 Å². The predicted octanol–water partition coefficient (Wildman–Crippen LogP) is 6.84. The number of benzene rings is 2. The summed E-state index contributed by atoms with van der Waals surface area (Å²) in [4.78, 5) is 4.86. The van der Waals surface area contributed by atoms with Crippen LogP contribution in [0.3, 0.4) is 0 Å². The molecule has 4 heterocycles. The first kappa shape index (κ1) is 21.4. The van der Waals surface area contributed by atoms with Crippen LogP contribution in [-0.2, 0) is 10.3 Å². The smallest absolute Gasteiger partial charge is 0.141 e. The molecular weight excluding hydrogens is 481 g/mol. The molecule has 0 unspecified atom stereocenters. The molecule has 7 heteroatoms. The number of fused-ring (bicyclic) bond motifs is 3. The van der Waals surface area contributed by atoms with E-state index in [4.69, 9.17) is 18.4 Å². The highest BCUT2D eigenvalue weighted by atomic mass is 19.1. The molecule has 6 rings (SSSR count). The van der Waals surface area contributed by atoms with Gasteiger partial charge in [0.05, 0.1) is 33.9 Å². The van der Waals surface area contributed by atoms with E-state index < -0.39 is 12.5 Å². The first-order valence-corrected chi connectivity index (χ1v) is 12.9. The third kappa shape index (κ3) is 4.20. The Morgan fingerprint density at radius 2 is 1.87 bits per heavy atom. The van der Waals surface area contributed by atoms with Gasteiger partial charge in [-0.15, -0.1) is 0 Å². The Hall–Kier alpha value is -3.55. The standard InChI is InChI=1S/C31H32FN3O3/c1-18-28(19(2)38-34-18)22-15-27-29(33-17-22)25-10-7-23(31(3,4)36)16-26(25)35(27)30(21-11-13-37-14-12-21)20-5-8-24(32)9-6-20/h5-10,15-17,21,30,36H,11-14H2,1-4H3/t30-/m1/s1/i2D3. The molecule has 1 aliphatic heterocycles. The van der Waals surface area contributed by atoms with Crippen molar-refractivity contribution in [1.82, 2.24) is 14.7 Å². The molecule has 1 atom stereocenters. The summed E-state index contributed by atoms with van der Waals surface area (Å²) in [6.45, 7) is 3.97. The van der Waals surface area contributed by atoms with Gasteiger partial charge in [-0.3, -0.25) is 4.98 Å². The third-order valence-corrected chi connectivity index (χ3v) is 7.70. The second kappa shape index (κ2) is 9.33. The molecule has 0 aliphatic carbocycles. The van der Waals surface area contributed by atoms with E-state index in [1.54, 1.807) is 27.0 Å². The van der Waals surface area contributed by atoms with Crippen molar-refractivity contribution in [1.29, 1.82) is 0 Å². The number of ether oxygens (including phenoxy) is 1. The highest BCUT2D eigenvalue weighted by Crippen LogP contribution is 2.42. The van der Waals surface area contributed by atoms with Gasteiger partial charge >= 0.3 is 0 Å². The summed E-state index contributed by atoms with van der Waals surface area (Å²) in [5, 5.41) is 15.8. The molecule has 0 bridgehead atoms. The molecular formula is C31H32FN3O3. The van der Waals surface area contributed by atoms with E-state index in [9.17, 15) is 9.50 Å². The van der Waals surface area contributed by atoms with Crippen LogP contribution < -0.4 is 0 Å². The van der Waals surface area contributed by atoms with E-state index in [1.165, 1.54) is 12.1 Å². The molecule has 0 radical (unpaired) electrons. The molecule has 196 valence electrons. The van der Waals surface area contributed by atoms with Crippen molar-refractivity contribution < 1.29 is 22.9 Å². The first-order chi connectivity index (χ1) is 19.4. The molecule has 5 aromatic rings. The number of aliphatic hydroxyl groups is 1. The lowest BCUT2D eigenvalue weighted by Gasteiger charge is -2.33. The Balaban J connectivity index is 1.69. The molecule has 0 amide bonds. The molecule has 38 heavy (non-hydrogen) atoms. The van der Waals surface area contributed by atoms with E-state index in [-0.39, 0.29) is 23.5 Å². The van der Waals surface area contributed by atoms with Crippen LogP contribution >= 0.6 is 0 Å². The van der Waals surface area contributed by atoms with Gasteiger partial charge in [-0.2, -0.15) is 0 Å². The number of aromatic nitrogens is 3. The second-order valence-electron chi connectivity index (χ2n) is 10.7. The number of hydrogen-bond donors (Lipinski definition) is 1. The number of aryl methyl sites for hydroxylation is 2. The van der Waals surface area contributed by atoms with E-state index in [1.807, 2.05) is 36.4 Å². The molecule has 1 saturated heterocycles. The zero-order chi connectivity index (χ0) is 29.1. The molecule has 2 aromatic carbocycles. The van der Waals surface area contributed by atoms with Gasteiger partial charge in [0.25, 0.3) is 0 Å². The van der Waals surface area contributed by atoms with Gasteiger partial charge < -0.3 is 18.9 Å². The van der Waals surface area contributed by atoms with Gasteiger partial charge in [-0.25, -0.2) is 4.39 Å². The average Bonchev–Trinajstić information content (AvgIpc) is 3.48. The van der Waals surface area contributed by atoms with Crippen LogP contribution in [0.2, 0.25) is 0 Å². The van der Waals surface area contributed by atoms with E-state index in [2.05, 4.69) is 9.72 Å². The lowest BCUT2D eigenvalue weighted by Crippen LogP contribution is -2.27. The van der Waals surface area contributed by atoms with Crippen LogP contribution in [-0.4, -0.2) is 33.0 Å². The number of nitrogens with zero attached hydrogens (tertiary/aromatic N) is 3.